The predicted octanol–water partition coefficient (Wildman–Crippen LogP) is 3.89. The van der Waals surface area contributed by atoms with Gasteiger partial charge in [-0.3, -0.25) is 14.5 Å². The lowest BCUT2D eigenvalue weighted by molar-refractivity contribution is -0.117. The summed E-state index contributed by atoms with van der Waals surface area (Å²) in [5, 5.41) is 5.89. The van der Waals surface area contributed by atoms with Crippen molar-refractivity contribution >= 4 is 52.0 Å². The summed E-state index contributed by atoms with van der Waals surface area (Å²) >= 11 is 13.1. The molecule has 26 heavy (non-hydrogen) atoms. The summed E-state index contributed by atoms with van der Waals surface area (Å²) in [5.41, 5.74) is 1.22. The van der Waals surface area contributed by atoms with Gasteiger partial charge < -0.3 is 10.6 Å². The maximum Gasteiger partial charge on any atom is 0.253 e. The van der Waals surface area contributed by atoms with Crippen molar-refractivity contribution in [2.45, 2.75) is 18.9 Å². The molecule has 0 bridgehead atoms. The average molecular weight is 412 g/mol. The van der Waals surface area contributed by atoms with E-state index in [1.54, 1.807) is 6.07 Å². The molecule has 1 fully saturated rings. The van der Waals surface area contributed by atoms with Crippen LogP contribution in [-0.4, -0.2) is 42.4 Å². The SMILES string of the molecule is O=C(CN1CCC(NC(=O)c2cc(Cl)sc2Cl)CC1)Nc1ccccc1. The van der Waals surface area contributed by atoms with Crippen molar-refractivity contribution in [1.82, 2.24) is 10.2 Å². The number of thiophene rings is 1. The molecule has 0 unspecified atom stereocenters. The molecule has 1 aromatic heterocycles. The number of nitrogens with zero attached hydrogens (tertiary/aromatic N) is 1. The molecule has 3 rings (SSSR count). The molecular formula is C18H19Cl2N3O2S. The van der Waals surface area contributed by atoms with Crippen LogP contribution in [0.2, 0.25) is 8.67 Å². The number of anilines is 1. The Bertz CT molecular complexity index is 774. The first-order chi connectivity index (χ1) is 12.5. The molecule has 1 saturated heterocycles. The standard InChI is InChI=1S/C18H19Cl2N3O2S/c19-15-10-14(17(20)26-15)18(25)22-13-6-8-23(9-7-13)11-16(24)21-12-4-2-1-3-5-12/h1-5,10,13H,6-9,11H2,(H,21,24)(H,22,25). The number of carbonyl (C=O) groups excluding carboxylic acids is 2. The number of amides is 2. The average Bonchev–Trinajstić information content (AvgIpc) is 2.96. The van der Waals surface area contributed by atoms with E-state index >= 15 is 0 Å². The Kier molecular flexibility index (Phi) is 6.53. The third kappa shape index (κ3) is 5.20. The molecule has 0 atom stereocenters. The third-order valence-electron chi connectivity index (χ3n) is 4.25. The second-order valence-electron chi connectivity index (χ2n) is 6.18. The van der Waals surface area contributed by atoms with E-state index in [2.05, 4.69) is 15.5 Å². The highest BCUT2D eigenvalue weighted by Crippen LogP contribution is 2.31. The van der Waals surface area contributed by atoms with Gasteiger partial charge in [0.15, 0.2) is 0 Å². The lowest BCUT2D eigenvalue weighted by atomic mass is 10.0. The zero-order valence-corrected chi connectivity index (χ0v) is 16.3. The van der Waals surface area contributed by atoms with Gasteiger partial charge in [-0.25, -0.2) is 0 Å². The fourth-order valence-electron chi connectivity index (χ4n) is 2.92. The number of likely N-dealkylation sites (tertiary alicyclic amines) is 1. The monoisotopic (exact) mass is 411 g/mol. The van der Waals surface area contributed by atoms with E-state index in [4.69, 9.17) is 23.2 Å². The summed E-state index contributed by atoms with van der Waals surface area (Å²) in [6.45, 7) is 1.86. The summed E-state index contributed by atoms with van der Waals surface area (Å²) in [7, 11) is 0. The third-order valence-corrected chi connectivity index (χ3v) is 5.74. The zero-order chi connectivity index (χ0) is 18.5. The summed E-state index contributed by atoms with van der Waals surface area (Å²) in [6, 6.07) is 11.1. The van der Waals surface area contributed by atoms with Gasteiger partial charge in [-0.05, 0) is 31.0 Å². The van der Waals surface area contributed by atoms with Crippen LogP contribution < -0.4 is 10.6 Å². The van der Waals surface area contributed by atoms with Crippen molar-refractivity contribution in [2.75, 3.05) is 25.0 Å². The number of carbonyl (C=O) groups is 2. The molecule has 1 aromatic carbocycles. The number of piperidine rings is 1. The molecule has 2 heterocycles. The van der Waals surface area contributed by atoms with Crippen LogP contribution in [0.4, 0.5) is 5.69 Å². The van der Waals surface area contributed by atoms with Crippen molar-refractivity contribution in [3.63, 3.8) is 0 Å². The van der Waals surface area contributed by atoms with Gasteiger partial charge in [0.05, 0.1) is 16.4 Å². The van der Waals surface area contributed by atoms with E-state index in [0.717, 1.165) is 31.6 Å². The molecule has 2 aromatic rings. The fourth-order valence-corrected chi connectivity index (χ4v) is 4.38. The highest BCUT2D eigenvalue weighted by atomic mass is 35.5. The van der Waals surface area contributed by atoms with Gasteiger partial charge in [-0.1, -0.05) is 41.4 Å². The Morgan fingerprint density at radius 3 is 2.46 bits per heavy atom. The first-order valence-corrected chi connectivity index (χ1v) is 9.91. The number of rotatable bonds is 5. The van der Waals surface area contributed by atoms with Crippen LogP contribution >= 0.6 is 34.5 Å². The normalized spacial score (nSPS) is 15.6. The molecule has 2 amide bonds. The van der Waals surface area contributed by atoms with Gasteiger partial charge in [0, 0.05) is 24.8 Å². The highest BCUT2D eigenvalue weighted by molar-refractivity contribution is 7.20. The Morgan fingerprint density at radius 2 is 1.85 bits per heavy atom. The Hall–Kier alpha value is -1.60. The van der Waals surface area contributed by atoms with Crippen LogP contribution in [-0.2, 0) is 4.79 Å². The summed E-state index contributed by atoms with van der Waals surface area (Å²) in [6.07, 6.45) is 1.58. The Balaban J connectivity index is 1.43. The first-order valence-electron chi connectivity index (χ1n) is 8.34. The van der Waals surface area contributed by atoms with E-state index < -0.39 is 0 Å². The topological polar surface area (TPSA) is 61.4 Å². The van der Waals surface area contributed by atoms with Crippen LogP contribution in [0.5, 0.6) is 0 Å². The molecule has 5 nitrogen and oxygen atoms in total. The molecular weight excluding hydrogens is 393 g/mol. The van der Waals surface area contributed by atoms with Gasteiger partial charge in [0.1, 0.15) is 4.34 Å². The summed E-state index contributed by atoms with van der Waals surface area (Å²) in [5.74, 6) is -0.225. The van der Waals surface area contributed by atoms with Crippen LogP contribution in [0.25, 0.3) is 0 Å². The lowest BCUT2D eigenvalue weighted by Gasteiger charge is -2.31. The smallest absolute Gasteiger partial charge is 0.253 e. The molecule has 0 spiro atoms. The minimum Gasteiger partial charge on any atom is -0.349 e. The molecule has 1 aliphatic rings. The zero-order valence-electron chi connectivity index (χ0n) is 14.0. The van der Waals surface area contributed by atoms with Gasteiger partial charge in [0.25, 0.3) is 5.91 Å². The largest absolute Gasteiger partial charge is 0.349 e. The lowest BCUT2D eigenvalue weighted by Crippen LogP contribution is -2.46. The van der Waals surface area contributed by atoms with Gasteiger partial charge >= 0.3 is 0 Å². The minimum atomic E-state index is -0.196. The Morgan fingerprint density at radius 1 is 1.15 bits per heavy atom. The quantitative estimate of drug-likeness (QED) is 0.784. The Labute approximate surface area is 166 Å². The van der Waals surface area contributed by atoms with Crippen LogP contribution in [0.15, 0.2) is 36.4 Å². The van der Waals surface area contributed by atoms with E-state index in [1.165, 1.54) is 11.3 Å². The van der Waals surface area contributed by atoms with Crippen molar-refractivity contribution in [2.24, 2.45) is 0 Å². The van der Waals surface area contributed by atoms with Gasteiger partial charge in [-0.2, -0.15) is 0 Å². The molecule has 138 valence electrons. The first kappa shape index (κ1) is 19.2. The molecule has 1 aliphatic heterocycles. The fraction of sp³-hybridized carbons (Fsp3) is 0.333. The van der Waals surface area contributed by atoms with Gasteiger partial charge in [-0.15, -0.1) is 11.3 Å². The maximum absolute atomic E-state index is 12.3. The molecule has 2 N–H and O–H groups in total. The molecule has 0 aliphatic carbocycles. The van der Waals surface area contributed by atoms with Crippen molar-refractivity contribution in [3.8, 4) is 0 Å². The summed E-state index contributed by atoms with van der Waals surface area (Å²) < 4.78 is 0.905. The number of para-hydroxylation sites is 1. The number of hydrogen-bond donors (Lipinski definition) is 2. The van der Waals surface area contributed by atoms with Crippen LogP contribution in [0.3, 0.4) is 0 Å². The molecule has 0 radical (unpaired) electrons. The van der Waals surface area contributed by atoms with Gasteiger partial charge in [0.2, 0.25) is 5.91 Å². The van der Waals surface area contributed by atoms with Crippen LogP contribution in [0, 0.1) is 0 Å². The molecule has 8 heteroatoms. The maximum atomic E-state index is 12.3. The summed E-state index contributed by atoms with van der Waals surface area (Å²) in [4.78, 5) is 26.5. The second-order valence-corrected chi connectivity index (χ2v) is 8.46. The van der Waals surface area contributed by atoms with Crippen molar-refractivity contribution in [1.29, 1.82) is 0 Å². The predicted molar refractivity (Wildman–Crippen MR) is 106 cm³/mol. The van der Waals surface area contributed by atoms with Crippen molar-refractivity contribution < 1.29 is 9.59 Å². The number of nitrogens with one attached hydrogen (secondary N) is 2. The number of benzene rings is 1. The van der Waals surface area contributed by atoms with E-state index in [9.17, 15) is 9.59 Å². The van der Waals surface area contributed by atoms with Crippen molar-refractivity contribution in [3.05, 3.63) is 50.6 Å². The highest BCUT2D eigenvalue weighted by Gasteiger charge is 2.24. The number of halogens is 2. The van der Waals surface area contributed by atoms with E-state index in [0.29, 0.717) is 20.8 Å². The molecule has 0 saturated carbocycles. The van der Waals surface area contributed by atoms with E-state index in [-0.39, 0.29) is 17.9 Å². The van der Waals surface area contributed by atoms with Crippen LogP contribution in [0.1, 0.15) is 23.2 Å². The number of hydrogen-bond acceptors (Lipinski definition) is 4. The second kappa shape index (κ2) is 8.86. The minimum absolute atomic E-state index is 0.0293. The van der Waals surface area contributed by atoms with E-state index in [1.807, 2.05) is 30.3 Å².